The third-order valence-electron chi connectivity index (χ3n) is 2.69. The van der Waals surface area contributed by atoms with Crippen LogP contribution in [0.25, 0.3) is 6.08 Å². The van der Waals surface area contributed by atoms with Crippen molar-refractivity contribution in [1.82, 2.24) is 0 Å². The molecule has 0 radical (unpaired) electrons. The lowest BCUT2D eigenvalue weighted by molar-refractivity contribution is -0.384. The number of non-ortho nitro benzene ring substituents is 1. The van der Waals surface area contributed by atoms with Gasteiger partial charge in [-0.3, -0.25) is 10.1 Å². The number of sulfone groups is 1. The van der Waals surface area contributed by atoms with Gasteiger partial charge in [0.05, 0.1) is 9.82 Å². The first-order chi connectivity index (χ1) is 9.88. The monoisotopic (exact) mass is 367 g/mol. The Morgan fingerprint density at radius 1 is 1.00 bits per heavy atom. The molecule has 108 valence electrons. The van der Waals surface area contributed by atoms with Gasteiger partial charge >= 0.3 is 0 Å². The molecule has 0 aliphatic carbocycles. The van der Waals surface area contributed by atoms with Crippen LogP contribution in [0.15, 0.2) is 63.3 Å². The summed E-state index contributed by atoms with van der Waals surface area (Å²) < 4.78 is 25.1. The van der Waals surface area contributed by atoms with Gasteiger partial charge in [-0.05, 0) is 35.9 Å². The van der Waals surface area contributed by atoms with Crippen molar-refractivity contribution >= 4 is 37.5 Å². The highest BCUT2D eigenvalue weighted by Gasteiger charge is 2.12. The van der Waals surface area contributed by atoms with Crippen LogP contribution >= 0.6 is 15.9 Å². The molecule has 0 aliphatic rings. The van der Waals surface area contributed by atoms with Crippen LogP contribution in [0.4, 0.5) is 5.69 Å². The van der Waals surface area contributed by atoms with Crippen molar-refractivity contribution < 1.29 is 13.3 Å². The molecule has 2 aromatic rings. The summed E-state index contributed by atoms with van der Waals surface area (Å²) in [5.41, 5.74) is 0.592. The van der Waals surface area contributed by atoms with Gasteiger partial charge in [0, 0.05) is 22.0 Å². The molecule has 0 aliphatic heterocycles. The molecule has 0 aromatic heterocycles. The lowest BCUT2D eigenvalue weighted by Crippen LogP contribution is -1.96. The van der Waals surface area contributed by atoms with Crippen LogP contribution < -0.4 is 0 Å². The van der Waals surface area contributed by atoms with Crippen LogP contribution in [0.2, 0.25) is 0 Å². The zero-order valence-corrected chi connectivity index (χ0v) is 13.0. The van der Waals surface area contributed by atoms with Crippen molar-refractivity contribution in [2.45, 2.75) is 4.90 Å². The minimum atomic E-state index is -3.63. The van der Waals surface area contributed by atoms with Crippen molar-refractivity contribution in [2.24, 2.45) is 0 Å². The number of nitro benzene ring substituents is 1. The smallest absolute Gasteiger partial charge is 0.258 e. The summed E-state index contributed by atoms with van der Waals surface area (Å²) in [6, 6.07) is 11.9. The zero-order chi connectivity index (χ0) is 15.5. The molecule has 0 N–H and O–H groups in total. The highest BCUT2D eigenvalue weighted by molar-refractivity contribution is 9.10. The van der Waals surface area contributed by atoms with Crippen molar-refractivity contribution in [3.63, 3.8) is 0 Å². The average molecular weight is 368 g/mol. The molecule has 0 fully saturated rings. The first-order valence-corrected chi connectivity index (χ1v) is 8.15. The molecule has 5 nitrogen and oxygen atoms in total. The summed E-state index contributed by atoms with van der Waals surface area (Å²) in [5.74, 6) is 0. The molecular weight excluding hydrogens is 358 g/mol. The molecular formula is C14H10BrNO4S. The summed E-state index contributed by atoms with van der Waals surface area (Å²) in [7, 11) is -3.63. The molecule has 0 amide bonds. The van der Waals surface area contributed by atoms with Crippen molar-refractivity contribution in [1.29, 1.82) is 0 Å². The molecule has 2 rings (SSSR count). The lowest BCUT2D eigenvalue weighted by Gasteiger charge is -1.99. The first kappa shape index (κ1) is 15.4. The molecule has 2 aromatic carbocycles. The Kier molecular flexibility index (Phi) is 4.54. The van der Waals surface area contributed by atoms with Crippen LogP contribution in [-0.2, 0) is 9.84 Å². The van der Waals surface area contributed by atoms with E-state index in [-0.39, 0.29) is 10.6 Å². The Morgan fingerprint density at radius 3 is 2.10 bits per heavy atom. The Balaban J connectivity index is 2.25. The summed E-state index contributed by atoms with van der Waals surface area (Å²) in [6.07, 6.45) is 1.48. The number of hydrogen-bond donors (Lipinski definition) is 0. The van der Waals surface area contributed by atoms with Gasteiger partial charge in [-0.1, -0.05) is 28.1 Å². The Labute approximate surface area is 130 Å². The third-order valence-corrected chi connectivity index (χ3v) is 4.64. The zero-order valence-electron chi connectivity index (χ0n) is 10.6. The summed E-state index contributed by atoms with van der Waals surface area (Å²) >= 11 is 3.29. The number of benzene rings is 2. The Bertz CT molecular complexity index is 781. The lowest BCUT2D eigenvalue weighted by atomic mass is 10.2. The van der Waals surface area contributed by atoms with E-state index >= 15 is 0 Å². The molecule has 0 atom stereocenters. The van der Waals surface area contributed by atoms with Crippen LogP contribution in [0.1, 0.15) is 5.56 Å². The van der Waals surface area contributed by atoms with Gasteiger partial charge in [-0.2, -0.15) is 0 Å². The number of rotatable bonds is 4. The van der Waals surface area contributed by atoms with E-state index in [1.165, 1.54) is 30.3 Å². The molecule has 21 heavy (non-hydrogen) atoms. The van der Waals surface area contributed by atoms with Gasteiger partial charge in [0.15, 0.2) is 9.84 Å². The topological polar surface area (TPSA) is 77.3 Å². The predicted octanol–water partition coefficient (Wildman–Crippen LogP) is 3.80. The van der Waals surface area contributed by atoms with Gasteiger partial charge < -0.3 is 0 Å². The maximum absolute atomic E-state index is 12.1. The third kappa shape index (κ3) is 3.99. The van der Waals surface area contributed by atoms with E-state index in [0.717, 1.165) is 15.4 Å². The highest BCUT2D eigenvalue weighted by Crippen LogP contribution is 2.19. The van der Waals surface area contributed by atoms with Gasteiger partial charge in [-0.25, -0.2) is 8.42 Å². The number of hydrogen-bond acceptors (Lipinski definition) is 4. The molecule has 0 saturated heterocycles. The van der Waals surface area contributed by atoms with Crippen LogP contribution in [0, 0.1) is 10.1 Å². The second-order valence-corrected chi connectivity index (χ2v) is 6.90. The maximum atomic E-state index is 12.1. The molecule has 0 spiro atoms. The minimum absolute atomic E-state index is 0.0152. The van der Waals surface area contributed by atoms with Crippen LogP contribution in [0.5, 0.6) is 0 Å². The van der Waals surface area contributed by atoms with Crippen molar-refractivity contribution in [2.75, 3.05) is 0 Å². The van der Waals surface area contributed by atoms with E-state index in [2.05, 4.69) is 15.9 Å². The maximum Gasteiger partial charge on any atom is 0.269 e. The van der Waals surface area contributed by atoms with E-state index < -0.39 is 14.8 Å². The van der Waals surface area contributed by atoms with E-state index in [1.807, 2.05) is 0 Å². The highest BCUT2D eigenvalue weighted by atomic mass is 79.9. The summed E-state index contributed by atoms with van der Waals surface area (Å²) in [4.78, 5) is 9.98. The van der Waals surface area contributed by atoms with Gasteiger partial charge in [0.25, 0.3) is 5.69 Å². The second-order valence-electron chi connectivity index (χ2n) is 4.15. The fourth-order valence-corrected chi connectivity index (χ4v) is 2.85. The largest absolute Gasteiger partial charge is 0.269 e. The van der Waals surface area contributed by atoms with Gasteiger partial charge in [0.1, 0.15) is 0 Å². The second kappa shape index (κ2) is 6.19. The van der Waals surface area contributed by atoms with Crippen LogP contribution in [-0.4, -0.2) is 13.3 Å². The van der Waals surface area contributed by atoms with Crippen molar-refractivity contribution in [3.8, 4) is 0 Å². The summed E-state index contributed by atoms with van der Waals surface area (Å²) in [6.45, 7) is 0. The standard InChI is InChI=1S/C14H10BrNO4S/c15-12-3-1-11(2-4-12)9-10-21(19,20)14-7-5-13(6-8-14)16(17)18/h1-10H/b10-9+. The fourth-order valence-electron chi connectivity index (χ4n) is 1.58. The number of nitrogens with zero attached hydrogens (tertiary/aromatic N) is 1. The molecule has 7 heteroatoms. The van der Waals surface area contributed by atoms with E-state index in [1.54, 1.807) is 24.3 Å². The molecule has 0 bridgehead atoms. The normalized spacial score (nSPS) is 11.7. The molecule has 0 saturated carbocycles. The number of halogens is 1. The van der Waals surface area contributed by atoms with E-state index in [4.69, 9.17) is 0 Å². The predicted molar refractivity (Wildman–Crippen MR) is 83.5 cm³/mol. The Hall–Kier alpha value is -1.99. The quantitative estimate of drug-likeness (QED) is 0.608. The minimum Gasteiger partial charge on any atom is -0.258 e. The van der Waals surface area contributed by atoms with E-state index in [9.17, 15) is 18.5 Å². The van der Waals surface area contributed by atoms with Crippen molar-refractivity contribution in [3.05, 3.63) is 74.1 Å². The van der Waals surface area contributed by atoms with Gasteiger partial charge in [0.2, 0.25) is 0 Å². The average Bonchev–Trinajstić information content (AvgIpc) is 2.47. The first-order valence-electron chi connectivity index (χ1n) is 5.82. The van der Waals surface area contributed by atoms with Crippen LogP contribution in [0.3, 0.4) is 0 Å². The SMILES string of the molecule is O=[N+]([O-])c1ccc(S(=O)(=O)/C=C/c2ccc(Br)cc2)cc1. The van der Waals surface area contributed by atoms with Gasteiger partial charge in [-0.15, -0.1) is 0 Å². The van der Waals surface area contributed by atoms with E-state index in [0.29, 0.717) is 0 Å². The molecule has 0 heterocycles. The Morgan fingerprint density at radius 2 is 1.57 bits per heavy atom. The fraction of sp³-hybridized carbons (Fsp3) is 0. The number of nitro groups is 1. The summed E-state index contributed by atoms with van der Waals surface area (Å²) in [5, 5.41) is 11.6. The molecule has 0 unspecified atom stereocenters.